The Morgan fingerprint density at radius 1 is 1.08 bits per heavy atom. The first kappa shape index (κ1) is 8.57. The molecule has 66 valence electrons. The molecule has 2 heteroatoms. The van der Waals surface area contributed by atoms with Crippen molar-refractivity contribution < 1.29 is 0 Å². The van der Waals surface area contributed by atoms with Gasteiger partial charge in [-0.3, -0.25) is 0 Å². The van der Waals surface area contributed by atoms with E-state index in [1.807, 2.05) is 0 Å². The molecule has 0 N–H and O–H groups in total. The van der Waals surface area contributed by atoms with Gasteiger partial charge < -0.3 is 4.57 Å². The number of benzene rings is 1. The van der Waals surface area contributed by atoms with Gasteiger partial charge in [0.1, 0.15) is 0 Å². The number of nitrogens with zero attached hydrogens (tertiary/aromatic N) is 1. The van der Waals surface area contributed by atoms with Gasteiger partial charge in [0.05, 0.1) is 0 Å². The summed E-state index contributed by atoms with van der Waals surface area (Å²) in [6, 6.07) is 12.5. The van der Waals surface area contributed by atoms with Gasteiger partial charge in [0.15, 0.2) is 0 Å². The van der Waals surface area contributed by atoms with Crippen molar-refractivity contribution >= 4 is 15.9 Å². The maximum Gasteiger partial charge on any atom is 0.0477 e. The highest BCUT2D eigenvalue weighted by atomic mass is 79.9. The van der Waals surface area contributed by atoms with Crippen LogP contribution in [-0.2, 0) is 7.05 Å². The molecule has 0 saturated heterocycles. The summed E-state index contributed by atoms with van der Waals surface area (Å²) in [7, 11) is 2.05. The molecule has 13 heavy (non-hydrogen) atoms. The molecule has 0 aliphatic carbocycles. The molecule has 0 aliphatic rings. The Hall–Kier alpha value is -1.02. The number of aryl methyl sites for hydroxylation is 1. The lowest BCUT2D eigenvalue weighted by molar-refractivity contribution is 0.937. The predicted molar refractivity (Wildman–Crippen MR) is 58.5 cm³/mol. The van der Waals surface area contributed by atoms with Gasteiger partial charge in [-0.1, -0.05) is 28.1 Å². The van der Waals surface area contributed by atoms with Gasteiger partial charge in [0.25, 0.3) is 0 Å². The summed E-state index contributed by atoms with van der Waals surface area (Å²) in [5.41, 5.74) is 2.49. The third kappa shape index (κ3) is 1.68. The first-order valence-electron chi connectivity index (χ1n) is 4.14. The Labute approximate surface area is 86.1 Å². The van der Waals surface area contributed by atoms with Gasteiger partial charge in [-0.05, 0) is 29.8 Å². The maximum atomic E-state index is 3.42. The second-order valence-corrected chi connectivity index (χ2v) is 3.93. The zero-order valence-corrected chi connectivity index (χ0v) is 8.95. The van der Waals surface area contributed by atoms with Crippen LogP contribution >= 0.6 is 15.9 Å². The second-order valence-electron chi connectivity index (χ2n) is 3.01. The van der Waals surface area contributed by atoms with Crippen LogP contribution in [0.2, 0.25) is 0 Å². The number of aromatic nitrogens is 1. The number of halogens is 1. The third-order valence-corrected chi connectivity index (χ3v) is 2.61. The molecule has 0 spiro atoms. The Kier molecular flexibility index (Phi) is 2.23. The standard InChI is InChI=1S/C11H10BrN/c1-13-8-2-3-11(13)9-4-6-10(12)7-5-9/h2-8H,1H3. The van der Waals surface area contributed by atoms with E-state index in [0.29, 0.717) is 0 Å². The van der Waals surface area contributed by atoms with Crippen LogP contribution in [0.1, 0.15) is 0 Å². The molecule has 1 aromatic carbocycles. The Morgan fingerprint density at radius 3 is 2.31 bits per heavy atom. The van der Waals surface area contributed by atoms with Crippen molar-refractivity contribution in [3.63, 3.8) is 0 Å². The summed E-state index contributed by atoms with van der Waals surface area (Å²) < 4.78 is 3.23. The van der Waals surface area contributed by atoms with Crippen molar-refractivity contribution in [2.24, 2.45) is 7.05 Å². The summed E-state index contributed by atoms with van der Waals surface area (Å²) in [6.45, 7) is 0. The molecule has 0 saturated carbocycles. The van der Waals surface area contributed by atoms with E-state index in [9.17, 15) is 0 Å². The molecule has 0 radical (unpaired) electrons. The minimum atomic E-state index is 1.12. The molecular formula is C11H10BrN. The van der Waals surface area contributed by atoms with Crippen molar-refractivity contribution in [2.45, 2.75) is 0 Å². The Bertz CT molecular complexity index is 400. The molecule has 0 atom stereocenters. The molecule has 2 aromatic rings. The van der Waals surface area contributed by atoms with E-state index in [-0.39, 0.29) is 0 Å². The first-order valence-corrected chi connectivity index (χ1v) is 4.94. The van der Waals surface area contributed by atoms with E-state index in [1.54, 1.807) is 0 Å². The molecule has 0 bridgehead atoms. The largest absolute Gasteiger partial charge is 0.351 e. The van der Waals surface area contributed by atoms with Gasteiger partial charge in [-0.2, -0.15) is 0 Å². The Morgan fingerprint density at radius 2 is 1.77 bits per heavy atom. The van der Waals surface area contributed by atoms with Crippen molar-refractivity contribution in [3.8, 4) is 11.3 Å². The minimum absolute atomic E-state index is 1.12. The highest BCUT2D eigenvalue weighted by molar-refractivity contribution is 9.10. The Balaban J connectivity index is 2.47. The molecule has 2 rings (SSSR count). The average molecular weight is 236 g/mol. The highest BCUT2D eigenvalue weighted by Crippen LogP contribution is 2.21. The number of hydrogen-bond donors (Lipinski definition) is 0. The highest BCUT2D eigenvalue weighted by Gasteiger charge is 1.99. The summed E-state index contributed by atoms with van der Waals surface area (Å²) >= 11 is 3.42. The van der Waals surface area contributed by atoms with Gasteiger partial charge in [-0.25, -0.2) is 0 Å². The van der Waals surface area contributed by atoms with E-state index in [4.69, 9.17) is 0 Å². The molecule has 1 nitrogen and oxygen atoms in total. The van der Waals surface area contributed by atoms with Crippen molar-refractivity contribution in [3.05, 3.63) is 47.1 Å². The fraction of sp³-hybridized carbons (Fsp3) is 0.0909. The van der Waals surface area contributed by atoms with E-state index in [0.717, 1.165) is 4.47 Å². The van der Waals surface area contributed by atoms with E-state index in [1.165, 1.54) is 11.3 Å². The molecule has 0 amide bonds. The lowest BCUT2D eigenvalue weighted by Gasteiger charge is -2.02. The number of hydrogen-bond acceptors (Lipinski definition) is 0. The molecule has 1 aromatic heterocycles. The topological polar surface area (TPSA) is 4.93 Å². The quantitative estimate of drug-likeness (QED) is 0.714. The van der Waals surface area contributed by atoms with Crippen molar-refractivity contribution in [1.82, 2.24) is 4.57 Å². The molecule has 0 unspecified atom stereocenters. The fourth-order valence-corrected chi connectivity index (χ4v) is 1.65. The van der Waals surface area contributed by atoms with Crippen LogP contribution in [0.25, 0.3) is 11.3 Å². The zero-order valence-electron chi connectivity index (χ0n) is 7.37. The summed E-state index contributed by atoms with van der Waals surface area (Å²) in [4.78, 5) is 0. The van der Waals surface area contributed by atoms with Crippen LogP contribution in [0.15, 0.2) is 47.1 Å². The minimum Gasteiger partial charge on any atom is -0.351 e. The van der Waals surface area contributed by atoms with E-state index in [2.05, 4.69) is 70.1 Å². The number of rotatable bonds is 1. The van der Waals surface area contributed by atoms with Crippen LogP contribution in [0, 0.1) is 0 Å². The fourth-order valence-electron chi connectivity index (χ4n) is 1.38. The monoisotopic (exact) mass is 235 g/mol. The summed E-state index contributed by atoms with van der Waals surface area (Å²) in [5.74, 6) is 0. The van der Waals surface area contributed by atoms with Crippen LogP contribution in [0.4, 0.5) is 0 Å². The average Bonchev–Trinajstić information content (AvgIpc) is 2.53. The normalized spacial score (nSPS) is 10.3. The molecule has 1 heterocycles. The van der Waals surface area contributed by atoms with Gasteiger partial charge in [-0.15, -0.1) is 0 Å². The lowest BCUT2D eigenvalue weighted by Crippen LogP contribution is -1.88. The first-order chi connectivity index (χ1) is 6.27. The van der Waals surface area contributed by atoms with Crippen LogP contribution in [0.5, 0.6) is 0 Å². The van der Waals surface area contributed by atoms with Gasteiger partial charge in [0.2, 0.25) is 0 Å². The van der Waals surface area contributed by atoms with Gasteiger partial charge >= 0.3 is 0 Å². The van der Waals surface area contributed by atoms with E-state index < -0.39 is 0 Å². The van der Waals surface area contributed by atoms with Crippen LogP contribution in [0.3, 0.4) is 0 Å². The van der Waals surface area contributed by atoms with Crippen molar-refractivity contribution in [2.75, 3.05) is 0 Å². The summed E-state index contributed by atoms with van der Waals surface area (Å²) in [5, 5.41) is 0. The molecule has 0 aliphatic heterocycles. The predicted octanol–water partition coefficient (Wildman–Crippen LogP) is 3.45. The zero-order chi connectivity index (χ0) is 9.26. The third-order valence-electron chi connectivity index (χ3n) is 2.08. The van der Waals surface area contributed by atoms with Crippen LogP contribution < -0.4 is 0 Å². The van der Waals surface area contributed by atoms with Gasteiger partial charge in [0, 0.05) is 23.4 Å². The molecule has 0 fully saturated rings. The molecular weight excluding hydrogens is 226 g/mol. The smallest absolute Gasteiger partial charge is 0.0477 e. The summed E-state index contributed by atoms with van der Waals surface area (Å²) in [6.07, 6.45) is 2.05. The second kappa shape index (κ2) is 3.38. The van der Waals surface area contributed by atoms with Crippen molar-refractivity contribution in [1.29, 1.82) is 0 Å². The van der Waals surface area contributed by atoms with Crippen LogP contribution in [-0.4, -0.2) is 4.57 Å². The lowest BCUT2D eigenvalue weighted by atomic mass is 10.1. The maximum absolute atomic E-state index is 3.42. The SMILES string of the molecule is Cn1cccc1-c1ccc(Br)cc1. The van der Waals surface area contributed by atoms with E-state index >= 15 is 0 Å².